The third-order valence-corrected chi connectivity index (χ3v) is 6.42. The van der Waals surface area contributed by atoms with Crippen LogP contribution in [0, 0.1) is 0 Å². The molecule has 5 nitrogen and oxygen atoms in total. The number of hydrogen-bond acceptors (Lipinski definition) is 5. The third-order valence-electron chi connectivity index (χ3n) is 4.81. The van der Waals surface area contributed by atoms with Crippen LogP contribution in [0.15, 0.2) is 28.2 Å². The monoisotopic (exact) mass is 408 g/mol. The van der Waals surface area contributed by atoms with Gasteiger partial charge < -0.3 is 14.5 Å². The summed E-state index contributed by atoms with van der Waals surface area (Å²) in [5.41, 5.74) is 1.26. The molecule has 0 amide bonds. The van der Waals surface area contributed by atoms with Gasteiger partial charge in [-0.15, -0.1) is 0 Å². The first kappa shape index (κ1) is 20.1. The molecule has 0 aliphatic heterocycles. The smallest absolute Gasteiger partial charge is 0.270 e. The number of aromatic amines is 1. The Labute approximate surface area is 168 Å². The van der Waals surface area contributed by atoms with Gasteiger partial charge in [0.2, 0.25) is 0 Å². The van der Waals surface area contributed by atoms with Crippen molar-refractivity contribution in [3.05, 3.63) is 44.8 Å². The molecule has 2 aromatic rings. The maximum atomic E-state index is 12.3. The van der Waals surface area contributed by atoms with Gasteiger partial charge >= 0.3 is 0 Å². The van der Waals surface area contributed by atoms with Crippen LogP contribution in [0.1, 0.15) is 49.8 Å². The first-order valence-electron chi connectivity index (χ1n) is 9.27. The van der Waals surface area contributed by atoms with Crippen LogP contribution in [0.4, 0.5) is 0 Å². The molecule has 0 bridgehead atoms. The second kappa shape index (κ2) is 9.51. The van der Waals surface area contributed by atoms with E-state index in [1.807, 2.05) is 18.2 Å². The molecule has 1 fully saturated rings. The molecule has 7 heteroatoms. The minimum atomic E-state index is -0.279. The maximum absolute atomic E-state index is 12.3. The summed E-state index contributed by atoms with van der Waals surface area (Å²) in [6.07, 6.45) is 7.88. The van der Waals surface area contributed by atoms with Crippen LogP contribution in [-0.2, 0) is 6.42 Å². The summed E-state index contributed by atoms with van der Waals surface area (Å²) in [5.74, 6) is 1.31. The van der Waals surface area contributed by atoms with Gasteiger partial charge in [-0.25, -0.2) is 4.98 Å². The fraction of sp³-hybridized carbons (Fsp3) is 0.500. The topological polar surface area (TPSA) is 64.2 Å². The highest BCUT2D eigenvalue weighted by molar-refractivity contribution is 7.99. The average Bonchev–Trinajstić information content (AvgIpc) is 2.94. The zero-order valence-corrected chi connectivity index (χ0v) is 17.3. The molecule has 1 saturated carbocycles. The zero-order chi connectivity index (χ0) is 19.2. The summed E-state index contributed by atoms with van der Waals surface area (Å²) in [5, 5.41) is 1.31. The summed E-state index contributed by atoms with van der Waals surface area (Å²) in [7, 11) is 3.20. The molecule has 3 rings (SSSR count). The number of benzene rings is 1. The summed E-state index contributed by atoms with van der Waals surface area (Å²) in [6.45, 7) is 0. The van der Waals surface area contributed by atoms with Crippen LogP contribution in [0.2, 0.25) is 5.02 Å². The van der Waals surface area contributed by atoms with Crippen molar-refractivity contribution in [3.8, 4) is 11.5 Å². The lowest BCUT2D eigenvalue weighted by Crippen LogP contribution is -2.15. The van der Waals surface area contributed by atoms with E-state index in [9.17, 15) is 4.79 Å². The second-order valence-electron chi connectivity index (χ2n) is 6.73. The highest BCUT2D eigenvalue weighted by Gasteiger charge is 2.17. The Bertz CT molecular complexity index is 832. The molecule has 1 N–H and O–H groups in total. The normalized spacial score (nSPS) is 15.4. The SMILES string of the molecule is COc1ccc(Cc2nc(SC3CCCCCC3)[nH]c(=O)c2Cl)cc1OC. The molecule has 0 spiro atoms. The van der Waals surface area contributed by atoms with Gasteiger partial charge in [0.15, 0.2) is 16.7 Å². The van der Waals surface area contributed by atoms with Crippen molar-refractivity contribution in [3.63, 3.8) is 0 Å². The Balaban J connectivity index is 1.82. The van der Waals surface area contributed by atoms with Crippen molar-refractivity contribution in [1.82, 2.24) is 9.97 Å². The number of H-pyrrole nitrogens is 1. The predicted molar refractivity (Wildman–Crippen MR) is 110 cm³/mol. The van der Waals surface area contributed by atoms with E-state index in [1.165, 1.54) is 38.5 Å². The lowest BCUT2D eigenvalue weighted by Gasteiger charge is -2.14. The van der Waals surface area contributed by atoms with Gasteiger partial charge in [-0.2, -0.15) is 0 Å². The molecule has 1 aromatic carbocycles. The molecule has 0 radical (unpaired) electrons. The molecule has 1 aromatic heterocycles. The minimum absolute atomic E-state index is 0.148. The van der Waals surface area contributed by atoms with Crippen molar-refractivity contribution >= 4 is 23.4 Å². The van der Waals surface area contributed by atoms with Crippen LogP contribution in [0.25, 0.3) is 0 Å². The number of halogens is 1. The Hall–Kier alpha value is -1.66. The van der Waals surface area contributed by atoms with E-state index in [-0.39, 0.29) is 10.6 Å². The van der Waals surface area contributed by atoms with E-state index < -0.39 is 0 Å². The minimum Gasteiger partial charge on any atom is -0.493 e. The van der Waals surface area contributed by atoms with Gasteiger partial charge in [0.1, 0.15) is 5.02 Å². The largest absolute Gasteiger partial charge is 0.493 e. The molecule has 1 heterocycles. The van der Waals surface area contributed by atoms with Crippen molar-refractivity contribution in [2.75, 3.05) is 14.2 Å². The van der Waals surface area contributed by atoms with Gasteiger partial charge in [-0.1, -0.05) is 55.1 Å². The van der Waals surface area contributed by atoms with Crippen molar-refractivity contribution in [2.24, 2.45) is 0 Å². The van der Waals surface area contributed by atoms with Crippen molar-refractivity contribution < 1.29 is 9.47 Å². The summed E-state index contributed by atoms with van der Waals surface area (Å²) in [6, 6.07) is 5.66. The zero-order valence-electron chi connectivity index (χ0n) is 15.7. The first-order chi connectivity index (χ1) is 13.1. The van der Waals surface area contributed by atoms with Gasteiger partial charge in [0.25, 0.3) is 5.56 Å². The molecule has 0 unspecified atom stereocenters. The number of nitrogens with one attached hydrogen (secondary N) is 1. The number of ether oxygens (including phenoxy) is 2. The second-order valence-corrected chi connectivity index (χ2v) is 8.40. The Morgan fingerprint density at radius 1 is 1.15 bits per heavy atom. The maximum Gasteiger partial charge on any atom is 0.270 e. The van der Waals surface area contributed by atoms with E-state index in [1.54, 1.807) is 26.0 Å². The molecule has 0 atom stereocenters. The Kier molecular flexibility index (Phi) is 7.07. The van der Waals surface area contributed by atoms with E-state index in [0.29, 0.717) is 34.0 Å². The number of nitrogens with zero attached hydrogens (tertiary/aromatic N) is 1. The summed E-state index contributed by atoms with van der Waals surface area (Å²) < 4.78 is 10.6. The van der Waals surface area contributed by atoms with Gasteiger partial charge in [0.05, 0.1) is 19.9 Å². The Morgan fingerprint density at radius 3 is 2.52 bits per heavy atom. The van der Waals surface area contributed by atoms with Crippen molar-refractivity contribution in [2.45, 2.75) is 55.4 Å². The molecule has 27 heavy (non-hydrogen) atoms. The van der Waals surface area contributed by atoms with Crippen LogP contribution in [0.5, 0.6) is 11.5 Å². The third kappa shape index (κ3) is 5.20. The highest BCUT2D eigenvalue weighted by Crippen LogP contribution is 2.32. The fourth-order valence-electron chi connectivity index (χ4n) is 3.36. The lowest BCUT2D eigenvalue weighted by atomic mass is 10.1. The van der Waals surface area contributed by atoms with Gasteiger partial charge in [-0.05, 0) is 30.5 Å². The number of methoxy groups -OCH3 is 2. The highest BCUT2D eigenvalue weighted by atomic mass is 35.5. The molecule has 1 aliphatic rings. The van der Waals surface area contributed by atoms with Crippen LogP contribution in [-0.4, -0.2) is 29.4 Å². The number of rotatable bonds is 6. The molecular formula is C20H25ClN2O3S. The molecule has 146 valence electrons. The standard InChI is InChI=1S/C20H25ClN2O3S/c1-25-16-10-9-13(12-17(16)26-2)11-15-18(21)19(24)23-20(22-15)27-14-7-5-3-4-6-8-14/h9-10,12,14H,3-8,11H2,1-2H3,(H,22,23,24). The summed E-state index contributed by atoms with van der Waals surface area (Å²) >= 11 is 7.91. The van der Waals surface area contributed by atoms with Crippen molar-refractivity contribution in [1.29, 1.82) is 0 Å². The van der Waals surface area contributed by atoms with E-state index in [2.05, 4.69) is 9.97 Å². The molecule has 0 saturated heterocycles. The number of thioether (sulfide) groups is 1. The Morgan fingerprint density at radius 2 is 1.85 bits per heavy atom. The van der Waals surface area contributed by atoms with E-state index in [0.717, 1.165) is 5.56 Å². The molecular weight excluding hydrogens is 384 g/mol. The summed E-state index contributed by atoms with van der Waals surface area (Å²) in [4.78, 5) is 19.8. The van der Waals surface area contributed by atoms with Crippen LogP contribution < -0.4 is 15.0 Å². The quantitative estimate of drug-likeness (QED) is 0.547. The first-order valence-corrected chi connectivity index (χ1v) is 10.5. The van der Waals surface area contributed by atoms with Gasteiger partial charge in [0, 0.05) is 11.7 Å². The van der Waals surface area contributed by atoms with E-state index >= 15 is 0 Å². The van der Waals surface area contributed by atoms with Crippen LogP contribution >= 0.6 is 23.4 Å². The predicted octanol–water partition coefficient (Wildman–Crippen LogP) is 4.85. The lowest BCUT2D eigenvalue weighted by molar-refractivity contribution is 0.354. The fourth-order valence-corrected chi connectivity index (χ4v) is 4.71. The molecule has 1 aliphatic carbocycles. The van der Waals surface area contributed by atoms with Crippen LogP contribution in [0.3, 0.4) is 0 Å². The average molecular weight is 409 g/mol. The number of hydrogen-bond donors (Lipinski definition) is 1. The van der Waals surface area contributed by atoms with Gasteiger partial charge in [-0.3, -0.25) is 4.79 Å². The number of aromatic nitrogens is 2. The van der Waals surface area contributed by atoms with E-state index in [4.69, 9.17) is 21.1 Å².